The third-order valence-electron chi connectivity index (χ3n) is 6.00. The van der Waals surface area contributed by atoms with Gasteiger partial charge >= 0.3 is 0 Å². The van der Waals surface area contributed by atoms with Crippen molar-refractivity contribution in [2.75, 3.05) is 5.32 Å². The van der Waals surface area contributed by atoms with E-state index in [2.05, 4.69) is 36.3 Å². The van der Waals surface area contributed by atoms with E-state index in [4.69, 9.17) is 4.74 Å². The van der Waals surface area contributed by atoms with Gasteiger partial charge in [-0.25, -0.2) is 4.98 Å². The number of ether oxygens (including phenoxy) is 1. The molecule has 1 aliphatic heterocycles. The summed E-state index contributed by atoms with van der Waals surface area (Å²) in [4.78, 5) is 43.3. The van der Waals surface area contributed by atoms with Gasteiger partial charge in [-0.3, -0.25) is 19.0 Å². The van der Waals surface area contributed by atoms with E-state index in [1.165, 1.54) is 27.8 Å². The van der Waals surface area contributed by atoms with Crippen molar-refractivity contribution in [3.8, 4) is 16.9 Å². The number of carbonyl (C=O) groups is 2. The number of ketones is 1. The zero-order valence-electron chi connectivity index (χ0n) is 19.0. The quantitative estimate of drug-likeness (QED) is 0.419. The largest absolute Gasteiger partial charge is 0.479 e. The molecule has 0 spiro atoms. The number of fused-ring (bicyclic) bond motifs is 2. The van der Waals surface area contributed by atoms with Gasteiger partial charge in [0.2, 0.25) is 0 Å². The summed E-state index contributed by atoms with van der Waals surface area (Å²) in [6.07, 6.45) is 0.821. The highest BCUT2D eigenvalue weighted by Crippen LogP contribution is 2.32. The Balaban J connectivity index is 1.46. The van der Waals surface area contributed by atoms with Crippen LogP contribution in [-0.4, -0.2) is 27.3 Å². The highest BCUT2D eigenvalue weighted by molar-refractivity contribution is 7.17. The third kappa shape index (κ3) is 3.90. The minimum Gasteiger partial charge on any atom is -0.479 e. The number of rotatable bonds is 5. The molecule has 2 aromatic heterocycles. The Morgan fingerprint density at radius 1 is 1.18 bits per heavy atom. The molecule has 1 amide bonds. The molecule has 0 saturated carbocycles. The lowest BCUT2D eigenvalue weighted by molar-refractivity contribution is -0.122. The minimum absolute atomic E-state index is 0.159. The summed E-state index contributed by atoms with van der Waals surface area (Å²) in [5, 5.41) is 5.19. The van der Waals surface area contributed by atoms with Gasteiger partial charge in [0, 0.05) is 16.5 Å². The van der Waals surface area contributed by atoms with Crippen LogP contribution in [0.3, 0.4) is 0 Å². The van der Waals surface area contributed by atoms with Gasteiger partial charge in [0.15, 0.2) is 11.9 Å². The number of amides is 1. The van der Waals surface area contributed by atoms with Crippen molar-refractivity contribution in [3.05, 3.63) is 75.7 Å². The number of anilines is 1. The lowest BCUT2D eigenvalue weighted by Crippen LogP contribution is -2.34. The van der Waals surface area contributed by atoms with Crippen molar-refractivity contribution < 1.29 is 14.3 Å². The number of hydrogen-bond donors (Lipinski definition) is 1. The number of nitrogens with one attached hydrogen (secondary N) is 1. The first-order valence-corrected chi connectivity index (χ1v) is 11.9. The maximum atomic E-state index is 13.3. The lowest BCUT2D eigenvalue weighted by Gasteiger charge is -2.23. The van der Waals surface area contributed by atoms with Crippen LogP contribution < -0.4 is 15.6 Å². The number of carbonyl (C=O) groups excluding carboxylic acids is 2. The van der Waals surface area contributed by atoms with E-state index in [-0.39, 0.29) is 23.8 Å². The van der Waals surface area contributed by atoms with Crippen LogP contribution in [0.4, 0.5) is 5.69 Å². The van der Waals surface area contributed by atoms with Gasteiger partial charge in [-0.2, -0.15) is 0 Å². The molecule has 1 unspecified atom stereocenters. The van der Waals surface area contributed by atoms with Crippen LogP contribution >= 0.6 is 11.3 Å². The molecule has 5 rings (SSSR count). The van der Waals surface area contributed by atoms with E-state index in [9.17, 15) is 14.4 Å². The first kappa shape index (κ1) is 22.0. The zero-order chi connectivity index (χ0) is 24.0. The molecule has 0 radical (unpaired) electrons. The first-order valence-electron chi connectivity index (χ1n) is 11.0. The van der Waals surface area contributed by atoms with Crippen LogP contribution in [0.25, 0.3) is 21.3 Å². The minimum atomic E-state index is -0.591. The van der Waals surface area contributed by atoms with Crippen molar-refractivity contribution in [1.82, 2.24) is 9.55 Å². The van der Waals surface area contributed by atoms with Crippen LogP contribution in [0.1, 0.15) is 42.6 Å². The molecule has 2 aromatic carbocycles. The molecule has 34 heavy (non-hydrogen) atoms. The van der Waals surface area contributed by atoms with Crippen molar-refractivity contribution in [3.63, 3.8) is 0 Å². The Bertz CT molecular complexity index is 1480. The predicted molar refractivity (Wildman–Crippen MR) is 133 cm³/mol. The van der Waals surface area contributed by atoms with E-state index in [0.717, 1.165) is 11.1 Å². The zero-order valence-corrected chi connectivity index (χ0v) is 19.8. The van der Waals surface area contributed by atoms with Crippen molar-refractivity contribution in [2.24, 2.45) is 0 Å². The maximum Gasteiger partial charge on any atom is 0.265 e. The van der Waals surface area contributed by atoms with Gasteiger partial charge < -0.3 is 10.1 Å². The fraction of sp³-hybridized carbons (Fsp3) is 0.231. The summed E-state index contributed by atoms with van der Waals surface area (Å²) in [5.74, 6) is 0.395. The second-order valence-corrected chi connectivity index (χ2v) is 9.53. The van der Waals surface area contributed by atoms with Crippen molar-refractivity contribution >= 4 is 38.9 Å². The molecule has 0 bridgehead atoms. The molecule has 0 saturated heterocycles. The van der Waals surface area contributed by atoms with Gasteiger partial charge in [0.25, 0.3) is 11.5 Å². The summed E-state index contributed by atoms with van der Waals surface area (Å²) in [6, 6.07) is 13.0. The Hall–Kier alpha value is -3.78. The first-order chi connectivity index (χ1) is 16.3. The van der Waals surface area contributed by atoms with Crippen LogP contribution in [0, 0.1) is 0 Å². The molecule has 0 aliphatic carbocycles. The summed E-state index contributed by atoms with van der Waals surface area (Å²) in [6.45, 7) is 5.77. The number of thiophene rings is 1. The van der Waals surface area contributed by atoms with E-state index < -0.39 is 6.10 Å². The molecule has 7 nitrogen and oxygen atoms in total. The molecule has 172 valence electrons. The maximum absolute atomic E-state index is 13.3. The number of nitrogens with zero attached hydrogens (tertiary/aromatic N) is 2. The molecular weight excluding hydrogens is 450 g/mol. The van der Waals surface area contributed by atoms with Gasteiger partial charge in [-0.15, -0.1) is 11.3 Å². The van der Waals surface area contributed by atoms with Crippen LogP contribution in [0.15, 0.2) is 59.0 Å². The standard InChI is InChI=1S/C26H23N3O4S/c1-14(2)16-4-6-17(7-5-16)19-12-34-25-23(19)26(32)29(13-27-25)11-21(30)18-8-9-22-20(10-18)28-24(31)15(3)33-22/h4-10,12-15H,11H2,1-3H3,(H,28,31). The average molecular weight is 474 g/mol. The summed E-state index contributed by atoms with van der Waals surface area (Å²) in [5.41, 5.74) is 3.55. The summed E-state index contributed by atoms with van der Waals surface area (Å²) < 4.78 is 6.88. The summed E-state index contributed by atoms with van der Waals surface area (Å²) >= 11 is 1.41. The molecule has 4 aromatic rings. The lowest BCUT2D eigenvalue weighted by atomic mass is 9.99. The average Bonchev–Trinajstić information content (AvgIpc) is 3.26. The molecule has 1 aliphatic rings. The summed E-state index contributed by atoms with van der Waals surface area (Å²) in [7, 11) is 0. The van der Waals surface area contributed by atoms with Gasteiger partial charge in [-0.05, 0) is 42.2 Å². The van der Waals surface area contributed by atoms with Crippen LogP contribution in [-0.2, 0) is 11.3 Å². The predicted octanol–water partition coefficient (Wildman–Crippen LogP) is 4.85. The fourth-order valence-corrected chi connectivity index (χ4v) is 4.87. The van der Waals surface area contributed by atoms with Crippen molar-refractivity contribution in [1.29, 1.82) is 0 Å². The monoisotopic (exact) mass is 473 g/mol. The van der Waals surface area contributed by atoms with Crippen molar-refractivity contribution in [2.45, 2.75) is 39.3 Å². The van der Waals surface area contributed by atoms with E-state index in [1.54, 1.807) is 25.1 Å². The van der Waals surface area contributed by atoms with Crippen LogP contribution in [0.5, 0.6) is 5.75 Å². The number of Topliss-reactive ketones (excluding diaryl/α,β-unsaturated/α-hetero) is 1. The second kappa shape index (κ2) is 8.53. The molecular formula is C26H23N3O4S. The van der Waals surface area contributed by atoms with E-state index in [1.807, 2.05) is 17.5 Å². The Morgan fingerprint density at radius 2 is 1.94 bits per heavy atom. The Morgan fingerprint density at radius 3 is 2.68 bits per heavy atom. The van der Waals surface area contributed by atoms with E-state index in [0.29, 0.717) is 33.1 Å². The molecule has 1 N–H and O–H groups in total. The van der Waals surface area contributed by atoms with Crippen LogP contribution in [0.2, 0.25) is 0 Å². The normalized spacial score (nSPS) is 15.2. The van der Waals surface area contributed by atoms with Gasteiger partial charge in [0.05, 0.1) is 23.9 Å². The topological polar surface area (TPSA) is 90.3 Å². The number of benzene rings is 2. The SMILES string of the molecule is CC1Oc2ccc(C(=O)Cn3cnc4scc(-c5ccc(C(C)C)cc5)c4c3=O)cc2NC1=O. The highest BCUT2D eigenvalue weighted by Gasteiger charge is 2.24. The molecule has 8 heteroatoms. The third-order valence-corrected chi connectivity index (χ3v) is 6.88. The van der Waals surface area contributed by atoms with E-state index >= 15 is 0 Å². The molecule has 3 heterocycles. The number of hydrogen-bond acceptors (Lipinski definition) is 6. The Labute approximate surface area is 200 Å². The molecule has 1 atom stereocenters. The van der Waals surface area contributed by atoms with Gasteiger partial charge in [-0.1, -0.05) is 38.1 Å². The second-order valence-electron chi connectivity index (χ2n) is 8.67. The fourth-order valence-electron chi connectivity index (χ4n) is 3.97. The van der Waals surface area contributed by atoms with Gasteiger partial charge in [0.1, 0.15) is 10.6 Å². The molecule has 0 fully saturated rings. The Kier molecular flexibility index (Phi) is 5.53. The highest BCUT2D eigenvalue weighted by atomic mass is 32.1. The number of aromatic nitrogens is 2. The smallest absolute Gasteiger partial charge is 0.265 e.